The van der Waals surface area contributed by atoms with Gasteiger partial charge in [0.1, 0.15) is 5.82 Å². The van der Waals surface area contributed by atoms with E-state index in [9.17, 15) is 4.39 Å². The summed E-state index contributed by atoms with van der Waals surface area (Å²) >= 11 is 0. The smallest absolute Gasteiger partial charge is 0.123 e. The van der Waals surface area contributed by atoms with Crippen LogP contribution in [0.5, 0.6) is 0 Å². The van der Waals surface area contributed by atoms with E-state index in [1.807, 2.05) is 6.07 Å². The summed E-state index contributed by atoms with van der Waals surface area (Å²) in [6, 6.07) is 11.5. The molecule has 20 heavy (non-hydrogen) atoms. The highest BCUT2D eigenvalue weighted by molar-refractivity contribution is 5.71. The third-order valence-corrected chi connectivity index (χ3v) is 3.49. The van der Waals surface area contributed by atoms with Gasteiger partial charge in [0.15, 0.2) is 0 Å². The van der Waals surface area contributed by atoms with Gasteiger partial charge in [-0.05, 0) is 61.2 Å². The van der Waals surface area contributed by atoms with Crippen molar-refractivity contribution >= 4 is 0 Å². The van der Waals surface area contributed by atoms with Crippen molar-refractivity contribution in [3.05, 3.63) is 58.9 Å². The van der Waals surface area contributed by atoms with Crippen molar-refractivity contribution < 1.29 is 4.39 Å². The van der Waals surface area contributed by atoms with Gasteiger partial charge in [-0.2, -0.15) is 0 Å². The molecule has 0 aliphatic rings. The fraction of sp³-hybridized carbons (Fsp3) is 0.333. The van der Waals surface area contributed by atoms with E-state index in [1.54, 1.807) is 12.1 Å². The molecule has 106 valence electrons. The lowest BCUT2D eigenvalue weighted by molar-refractivity contribution is 0.619. The molecule has 0 saturated heterocycles. The molecule has 0 unspecified atom stereocenters. The van der Waals surface area contributed by atoms with E-state index in [4.69, 9.17) is 0 Å². The van der Waals surface area contributed by atoms with Crippen molar-refractivity contribution in [2.24, 2.45) is 0 Å². The Morgan fingerprint density at radius 3 is 2.55 bits per heavy atom. The van der Waals surface area contributed by atoms with Crippen LogP contribution in [0.4, 0.5) is 4.39 Å². The molecule has 0 fully saturated rings. The molecule has 1 N–H and O–H groups in total. The first-order chi connectivity index (χ1) is 9.61. The lowest BCUT2D eigenvalue weighted by Gasteiger charge is -2.14. The van der Waals surface area contributed by atoms with Crippen molar-refractivity contribution in [3.8, 4) is 11.1 Å². The van der Waals surface area contributed by atoms with E-state index in [2.05, 4.69) is 44.3 Å². The van der Waals surface area contributed by atoms with E-state index in [0.717, 1.165) is 24.1 Å². The Bertz CT molecular complexity index is 590. The summed E-state index contributed by atoms with van der Waals surface area (Å²) in [6.07, 6.45) is 1.08. The summed E-state index contributed by atoms with van der Waals surface area (Å²) in [4.78, 5) is 0. The van der Waals surface area contributed by atoms with Crippen LogP contribution in [0.2, 0.25) is 0 Å². The first kappa shape index (κ1) is 14.7. The Labute approximate surface area is 120 Å². The average Bonchev–Trinajstić information content (AvgIpc) is 2.42. The molecule has 0 radical (unpaired) electrons. The van der Waals surface area contributed by atoms with Crippen molar-refractivity contribution in [2.45, 2.75) is 33.7 Å². The highest BCUT2D eigenvalue weighted by atomic mass is 19.1. The van der Waals surface area contributed by atoms with E-state index in [1.165, 1.54) is 16.7 Å². The maximum absolute atomic E-state index is 13.5. The molecule has 0 bridgehead atoms. The van der Waals surface area contributed by atoms with Crippen LogP contribution in [0.15, 0.2) is 36.4 Å². The Balaban J connectivity index is 2.41. The Morgan fingerprint density at radius 2 is 1.80 bits per heavy atom. The number of aryl methyl sites for hydroxylation is 2. The number of halogens is 1. The fourth-order valence-corrected chi connectivity index (χ4v) is 2.40. The Morgan fingerprint density at radius 1 is 1.00 bits per heavy atom. The van der Waals surface area contributed by atoms with Gasteiger partial charge >= 0.3 is 0 Å². The van der Waals surface area contributed by atoms with Gasteiger partial charge in [-0.3, -0.25) is 0 Å². The monoisotopic (exact) mass is 271 g/mol. The van der Waals surface area contributed by atoms with Crippen LogP contribution in [0.1, 0.15) is 30.0 Å². The molecule has 2 heteroatoms. The van der Waals surface area contributed by atoms with Crippen molar-refractivity contribution in [2.75, 3.05) is 6.54 Å². The zero-order valence-electron chi connectivity index (χ0n) is 12.5. The van der Waals surface area contributed by atoms with Gasteiger partial charge in [0.05, 0.1) is 0 Å². The molecule has 0 spiro atoms. The lowest BCUT2D eigenvalue weighted by atomic mass is 9.94. The normalized spacial score (nSPS) is 10.8. The molecule has 2 aromatic carbocycles. The van der Waals surface area contributed by atoms with Crippen LogP contribution >= 0.6 is 0 Å². The lowest BCUT2D eigenvalue weighted by Crippen LogP contribution is -2.14. The number of benzene rings is 2. The average molecular weight is 271 g/mol. The fourth-order valence-electron chi connectivity index (χ4n) is 2.40. The summed E-state index contributed by atoms with van der Waals surface area (Å²) in [6.45, 7) is 7.96. The Hall–Kier alpha value is -1.67. The van der Waals surface area contributed by atoms with Crippen molar-refractivity contribution in [1.29, 1.82) is 0 Å². The number of rotatable bonds is 5. The quantitative estimate of drug-likeness (QED) is 0.783. The molecule has 0 atom stereocenters. The minimum absolute atomic E-state index is 0.174. The van der Waals surface area contributed by atoms with Crippen LogP contribution in [0, 0.1) is 19.7 Å². The second-order valence-electron chi connectivity index (χ2n) is 5.30. The minimum Gasteiger partial charge on any atom is -0.313 e. The predicted molar refractivity (Wildman–Crippen MR) is 83.3 cm³/mol. The van der Waals surface area contributed by atoms with Crippen LogP contribution in [-0.2, 0) is 6.54 Å². The van der Waals surface area contributed by atoms with E-state index < -0.39 is 0 Å². The summed E-state index contributed by atoms with van der Waals surface area (Å²) < 4.78 is 13.5. The third kappa shape index (κ3) is 3.45. The summed E-state index contributed by atoms with van der Waals surface area (Å²) in [7, 11) is 0. The van der Waals surface area contributed by atoms with Crippen LogP contribution in [-0.4, -0.2) is 6.54 Å². The second-order valence-corrected chi connectivity index (χ2v) is 5.30. The maximum Gasteiger partial charge on any atom is 0.123 e. The molecule has 1 nitrogen and oxygen atoms in total. The van der Waals surface area contributed by atoms with Crippen molar-refractivity contribution in [1.82, 2.24) is 5.32 Å². The molecule has 0 aromatic heterocycles. The minimum atomic E-state index is -0.174. The molecule has 2 rings (SSSR count). The number of hydrogen-bond donors (Lipinski definition) is 1. The maximum atomic E-state index is 13.5. The van der Waals surface area contributed by atoms with Crippen LogP contribution < -0.4 is 5.32 Å². The first-order valence-corrected chi connectivity index (χ1v) is 7.18. The third-order valence-electron chi connectivity index (χ3n) is 3.49. The summed E-state index contributed by atoms with van der Waals surface area (Å²) in [5.41, 5.74) is 5.78. The van der Waals surface area contributed by atoms with Gasteiger partial charge in [0, 0.05) is 6.54 Å². The number of nitrogens with one attached hydrogen (secondary N) is 1. The van der Waals surface area contributed by atoms with E-state index in [-0.39, 0.29) is 5.82 Å². The molecular weight excluding hydrogens is 249 g/mol. The number of hydrogen-bond acceptors (Lipinski definition) is 1. The first-order valence-electron chi connectivity index (χ1n) is 7.18. The van der Waals surface area contributed by atoms with Gasteiger partial charge in [0.25, 0.3) is 0 Å². The highest BCUT2D eigenvalue weighted by Gasteiger charge is 2.09. The van der Waals surface area contributed by atoms with Gasteiger partial charge in [-0.15, -0.1) is 0 Å². The zero-order valence-corrected chi connectivity index (χ0v) is 12.5. The van der Waals surface area contributed by atoms with Gasteiger partial charge in [-0.1, -0.05) is 36.8 Å². The Kier molecular flexibility index (Phi) is 4.91. The van der Waals surface area contributed by atoms with Crippen molar-refractivity contribution in [3.63, 3.8) is 0 Å². The molecule has 0 aliphatic heterocycles. The molecule has 0 amide bonds. The highest BCUT2D eigenvalue weighted by Crippen LogP contribution is 2.28. The second kappa shape index (κ2) is 6.67. The van der Waals surface area contributed by atoms with Gasteiger partial charge in [0.2, 0.25) is 0 Å². The predicted octanol–water partition coefficient (Wildman–Crippen LogP) is 4.61. The van der Waals surface area contributed by atoms with E-state index >= 15 is 0 Å². The topological polar surface area (TPSA) is 12.0 Å². The molecule has 0 heterocycles. The van der Waals surface area contributed by atoms with Crippen LogP contribution in [0.25, 0.3) is 11.1 Å². The van der Waals surface area contributed by atoms with E-state index in [0.29, 0.717) is 6.54 Å². The molecule has 0 saturated carbocycles. The zero-order chi connectivity index (χ0) is 14.5. The largest absolute Gasteiger partial charge is 0.313 e. The summed E-state index contributed by atoms with van der Waals surface area (Å²) in [5.74, 6) is -0.174. The standard InChI is InChI=1S/C18H22FN/c1-4-9-20-12-15-11-16(19)7-8-17(15)18-10-13(2)5-6-14(18)3/h5-8,10-11,20H,4,9,12H2,1-3H3. The molecule has 0 aliphatic carbocycles. The molecular formula is C18H22FN. The van der Waals surface area contributed by atoms with Crippen LogP contribution in [0.3, 0.4) is 0 Å². The van der Waals surface area contributed by atoms with Gasteiger partial charge in [-0.25, -0.2) is 4.39 Å². The van der Waals surface area contributed by atoms with Gasteiger partial charge < -0.3 is 5.32 Å². The summed E-state index contributed by atoms with van der Waals surface area (Å²) in [5, 5.41) is 3.36. The molecule has 2 aromatic rings. The SMILES string of the molecule is CCCNCc1cc(F)ccc1-c1cc(C)ccc1C.